The lowest BCUT2D eigenvalue weighted by Crippen LogP contribution is -2.07. The first-order chi connectivity index (χ1) is 4.95. The second-order valence-corrected chi connectivity index (χ2v) is 4.26. The summed E-state index contributed by atoms with van der Waals surface area (Å²) < 4.78 is 0. The van der Waals surface area contributed by atoms with Crippen molar-refractivity contribution in [3.63, 3.8) is 0 Å². The second kappa shape index (κ2) is 4.55. The molecule has 66 valence electrons. The molecule has 11 heavy (non-hydrogen) atoms. The van der Waals surface area contributed by atoms with E-state index in [0.29, 0.717) is 5.41 Å². The Kier molecular flexibility index (Phi) is 4.43. The Labute approximate surface area is 70.1 Å². The van der Waals surface area contributed by atoms with Gasteiger partial charge in [0.15, 0.2) is 0 Å². The summed E-state index contributed by atoms with van der Waals surface area (Å²) in [5.41, 5.74) is 0.390. The summed E-state index contributed by atoms with van der Waals surface area (Å²) in [6.45, 7) is 10.2. The van der Waals surface area contributed by atoms with Crippen LogP contribution in [0.2, 0.25) is 0 Å². The molecular weight excluding hydrogens is 136 g/mol. The summed E-state index contributed by atoms with van der Waals surface area (Å²) in [5.74, 6) is 0. The van der Waals surface area contributed by atoms with Gasteiger partial charge in [0, 0.05) is 0 Å². The Morgan fingerprint density at radius 1 is 1.45 bits per heavy atom. The van der Waals surface area contributed by atoms with Gasteiger partial charge in [-0.15, -0.1) is 6.58 Å². The van der Waals surface area contributed by atoms with Crippen molar-refractivity contribution in [2.45, 2.75) is 46.1 Å². The zero-order valence-corrected chi connectivity index (χ0v) is 7.93. The fourth-order valence-corrected chi connectivity index (χ4v) is 0.959. The summed E-state index contributed by atoms with van der Waals surface area (Å²) >= 11 is 0. The summed E-state index contributed by atoms with van der Waals surface area (Å²) in [6.07, 6.45) is 4.38. The van der Waals surface area contributed by atoms with Crippen LogP contribution in [0.25, 0.3) is 0 Å². The van der Waals surface area contributed by atoms with Crippen LogP contribution in [-0.4, -0.2) is 11.2 Å². The van der Waals surface area contributed by atoms with E-state index < -0.39 is 0 Å². The molecule has 0 aromatic carbocycles. The summed E-state index contributed by atoms with van der Waals surface area (Å²) in [4.78, 5) is 0. The molecule has 0 aliphatic rings. The van der Waals surface area contributed by atoms with Gasteiger partial charge in [-0.2, -0.15) is 0 Å². The monoisotopic (exact) mass is 156 g/mol. The molecule has 0 bridgehead atoms. The van der Waals surface area contributed by atoms with Crippen LogP contribution in [-0.2, 0) is 0 Å². The van der Waals surface area contributed by atoms with Crippen molar-refractivity contribution < 1.29 is 5.11 Å². The molecule has 0 saturated heterocycles. The minimum Gasteiger partial charge on any atom is -0.389 e. The van der Waals surface area contributed by atoms with Gasteiger partial charge in [0.05, 0.1) is 6.10 Å². The standard InChI is InChI=1S/C10H20O/c1-5-9(11)7-6-8-10(2,3)4/h5,9,11H,1,6-8H2,2-4H3. The Bertz CT molecular complexity index is 111. The minimum absolute atomic E-state index is 0.308. The summed E-state index contributed by atoms with van der Waals surface area (Å²) in [5, 5.41) is 9.14. The van der Waals surface area contributed by atoms with Crippen molar-refractivity contribution in [1.82, 2.24) is 0 Å². The third-order valence-corrected chi connectivity index (χ3v) is 1.70. The Balaban J connectivity index is 3.35. The van der Waals surface area contributed by atoms with E-state index in [9.17, 15) is 0 Å². The molecular formula is C10H20O. The van der Waals surface area contributed by atoms with Gasteiger partial charge in [-0.05, 0) is 18.3 Å². The molecule has 0 spiro atoms. The van der Waals surface area contributed by atoms with Crippen molar-refractivity contribution in [3.8, 4) is 0 Å². The quantitative estimate of drug-likeness (QED) is 0.620. The van der Waals surface area contributed by atoms with Crippen LogP contribution in [0.4, 0.5) is 0 Å². The van der Waals surface area contributed by atoms with E-state index in [1.807, 2.05) is 0 Å². The number of hydrogen-bond donors (Lipinski definition) is 1. The van der Waals surface area contributed by atoms with Crippen LogP contribution in [0.1, 0.15) is 40.0 Å². The number of hydrogen-bond acceptors (Lipinski definition) is 1. The molecule has 1 atom stereocenters. The Hall–Kier alpha value is -0.300. The van der Waals surface area contributed by atoms with E-state index >= 15 is 0 Å². The third-order valence-electron chi connectivity index (χ3n) is 1.70. The van der Waals surface area contributed by atoms with E-state index in [0.717, 1.165) is 19.3 Å². The third kappa shape index (κ3) is 7.60. The lowest BCUT2D eigenvalue weighted by Gasteiger charge is -2.18. The number of rotatable bonds is 4. The number of aliphatic hydroxyl groups is 1. The first-order valence-electron chi connectivity index (χ1n) is 4.26. The molecule has 0 heterocycles. The van der Waals surface area contributed by atoms with E-state index in [-0.39, 0.29) is 6.10 Å². The fourth-order valence-electron chi connectivity index (χ4n) is 0.959. The smallest absolute Gasteiger partial charge is 0.0718 e. The van der Waals surface area contributed by atoms with Crippen molar-refractivity contribution >= 4 is 0 Å². The lowest BCUT2D eigenvalue weighted by atomic mass is 9.89. The van der Waals surface area contributed by atoms with Crippen LogP contribution >= 0.6 is 0 Å². The molecule has 0 aromatic heterocycles. The largest absolute Gasteiger partial charge is 0.389 e. The van der Waals surface area contributed by atoms with E-state index in [2.05, 4.69) is 27.4 Å². The molecule has 0 aromatic rings. The zero-order valence-electron chi connectivity index (χ0n) is 7.93. The van der Waals surface area contributed by atoms with Gasteiger partial charge in [-0.1, -0.05) is 33.3 Å². The van der Waals surface area contributed by atoms with Crippen LogP contribution in [0.3, 0.4) is 0 Å². The molecule has 0 rings (SSSR count). The van der Waals surface area contributed by atoms with Crippen LogP contribution in [0.5, 0.6) is 0 Å². The van der Waals surface area contributed by atoms with Crippen molar-refractivity contribution in [1.29, 1.82) is 0 Å². The normalized spacial score (nSPS) is 14.5. The SMILES string of the molecule is C=CC(O)CCCC(C)(C)C. The fraction of sp³-hybridized carbons (Fsp3) is 0.800. The predicted octanol–water partition coefficient (Wildman–Crippen LogP) is 2.75. The maximum absolute atomic E-state index is 9.14. The van der Waals surface area contributed by atoms with Crippen LogP contribution < -0.4 is 0 Å². The zero-order chi connectivity index (χ0) is 8.91. The molecule has 0 saturated carbocycles. The van der Waals surface area contributed by atoms with Gasteiger partial charge in [0.2, 0.25) is 0 Å². The highest BCUT2D eigenvalue weighted by Crippen LogP contribution is 2.21. The van der Waals surface area contributed by atoms with Crippen molar-refractivity contribution in [2.75, 3.05) is 0 Å². The minimum atomic E-state index is -0.308. The van der Waals surface area contributed by atoms with Crippen LogP contribution in [0.15, 0.2) is 12.7 Å². The predicted molar refractivity (Wildman–Crippen MR) is 49.5 cm³/mol. The Morgan fingerprint density at radius 2 is 2.00 bits per heavy atom. The molecule has 0 amide bonds. The maximum Gasteiger partial charge on any atom is 0.0718 e. The van der Waals surface area contributed by atoms with Gasteiger partial charge in [-0.3, -0.25) is 0 Å². The summed E-state index contributed by atoms with van der Waals surface area (Å²) in [7, 11) is 0. The molecule has 1 unspecified atom stereocenters. The van der Waals surface area contributed by atoms with Gasteiger partial charge >= 0.3 is 0 Å². The molecule has 1 nitrogen and oxygen atoms in total. The van der Waals surface area contributed by atoms with Crippen LogP contribution in [0, 0.1) is 5.41 Å². The summed E-state index contributed by atoms with van der Waals surface area (Å²) in [6, 6.07) is 0. The average molecular weight is 156 g/mol. The molecule has 0 aliphatic heterocycles. The Morgan fingerprint density at radius 3 is 2.36 bits per heavy atom. The van der Waals surface area contributed by atoms with Gasteiger partial charge in [-0.25, -0.2) is 0 Å². The first-order valence-corrected chi connectivity index (χ1v) is 4.26. The molecule has 0 fully saturated rings. The molecule has 1 N–H and O–H groups in total. The van der Waals surface area contributed by atoms with Crippen molar-refractivity contribution in [2.24, 2.45) is 5.41 Å². The highest BCUT2D eigenvalue weighted by molar-refractivity contribution is 4.78. The molecule has 0 aliphatic carbocycles. The van der Waals surface area contributed by atoms with Gasteiger partial charge in [0.1, 0.15) is 0 Å². The van der Waals surface area contributed by atoms with Crippen molar-refractivity contribution in [3.05, 3.63) is 12.7 Å². The number of aliphatic hydroxyl groups excluding tert-OH is 1. The molecule has 0 radical (unpaired) electrons. The highest BCUT2D eigenvalue weighted by atomic mass is 16.3. The van der Waals surface area contributed by atoms with E-state index in [4.69, 9.17) is 5.11 Å². The molecule has 1 heteroatoms. The maximum atomic E-state index is 9.14. The highest BCUT2D eigenvalue weighted by Gasteiger charge is 2.09. The van der Waals surface area contributed by atoms with E-state index in [1.54, 1.807) is 6.08 Å². The van der Waals surface area contributed by atoms with E-state index in [1.165, 1.54) is 0 Å². The lowest BCUT2D eigenvalue weighted by molar-refractivity contribution is 0.201. The second-order valence-electron chi connectivity index (χ2n) is 4.26. The topological polar surface area (TPSA) is 20.2 Å². The first kappa shape index (κ1) is 10.7. The van der Waals surface area contributed by atoms with Gasteiger partial charge < -0.3 is 5.11 Å². The average Bonchev–Trinajstić information content (AvgIpc) is 1.85. The van der Waals surface area contributed by atoms with Gasteiger partial charge in [0.25, 0.3) is 0 Å².